The topological polar surface area (TPSA) is 58.8 Å². The SMILES string of the molecule is NCCCCCN1CCCN(C(=O)CC2CCCO2)CC1. The monoisotopic (exact) mass is 297 g/mol. The molecule has 1 unspecified atom stereocenters. The van der Waals surface area contributed by atoms with Crippen molar-refractivity contribution in [2.24, 2.45) is 5.73 Å². The van der Waals surface area contributed by atoms with Crippen LogP contribution in [-0.4, -0.2) is 67.7 Å². The Labute approximate surface area is 128 Å². The highest BCUT2D eigenvalue weighted by Gasteiger charge is 2.24. The van der Waals surface area contributed by atoms with E-state index in [9.17, 15) is 4.79 Å². The Balaban J connectivity index is 1.66. The first-order valence-electron chi connectivity index (χ1n) is 8.61. The van der Waals surface area contributed by atoms with E-state index in [2.05, 4.69) is 4.90 Å². The molecule has 2 aliphatic heterocycles. The number of nitrogens with two attached hydrogens (primary N) is 1. The molecule has 2 aliphatic rings. The van der Waals surface area contributed by atoms with Gasteiger partial charge < -0.3 is 20.3 Å². The molecule has 2 rings (SSSR count). The second-order valence-electron chi connectivity index (χ2n) is 6.26. The number of unbranched alkanes of at least 4 members (excludes halogenated alkanes) is 2. The van der Waals surface area contributed by atoms with Crippen LogP contribution in [0.3, 0.4) is 0 Å². The Kier molecular flexibility index (Phi) is 7.47. The van der Waals surface area contributed by atoms with Crippen molar-refractivity contribution >= 4 is 5.91 Å². The lowest BCUT2D eigenvalue weighted by Gasteiger charge is -2.23. The third kappa shape index (κ3) is 5.93. The first kappa shape index (κ1) is 16.7. The van der Waals surface area contributed by atoms with Gasteiger partial charge in [-0.15, -0.1) is 0 Å². The van der Waals surface area contributed by atoms with Crippen molar-refractivity contribution < 1.29 is 9.53 Å². The number of amides is 1. The van der Waals surface area contributed by atoms with Gasteiger partial charge in [0.2, 0.25) is 5.91 Å². The molecule has 2 saturated heterocycles. The van der Waals surface area contributed by atoms with Gasteiger partial charge in [-0.1, -0.05) is 6.42 Å². The van der Waals surface area contributed by atoms with E-state index in [1.807, 2.05) is 4.90 Å². The predicted octanol–water partition coefficient (Wildman–Crippen LogP) is 1.22. The van der Waals surface area contributed by atoms with Crippen molar-refractivity contribution in [3.05, 3.63) is 0 Å². The maximum atomic E-state index is 12.3. The van der Waals surface area contributed by atoms with Crippen LogP contribution in [0.4, 0.5) is 0 Å². The van der Waals surface area contributed by atoms with E-state index in [0.29, 0.717) is 6.42 Å². The lowest BCUT2D eigenvalue weighted by atomic mass is 10.1. The third-order valence-electron chi connectivity index (χ3n) is 4.55. The highest BCUT2D eigenvalue weighted by molar-refractivity contribution is 5.76. The van der Waals surface area contributed by atoms with Crippen molar-refractivity contribution in [3.8, 4) is 0 Å². The molecular formula is C16H31N3O2. The molecule has 122 valence electrons. The Morgan fingerprint density at radius 3 is 2.76 bits per heavy atom. The fraction of sp³-hybridized carbons (Fsp3) is 0.938. The van der Waals surface area contributed by atoms with Crippen LogP contribution in [0.1, 0.15) is 44.9 Å². The molecule has 0 aromatic heterocycles. The number of carbonyl (C=O) groups excluding carboxylic acids is 1. The Hall–Kier alpha value is -0.650. The molecule has 5 heteroatoms. The van der Waals surface area contributed by atoms with Gasteiger partial charge in [-0.05, 0) is 51.7 Å². The summed E-state index contributed by atoms with van der Waals surface area (Å²) in [6.45, 7) is 6.69. The average molecular weight is 297 g/mol. The van der Waals surface area contributed by atoms with Crippen LogP contribution >= 0.6 is 0 Å². The van der Waals surface area contributed by atoms with E-state index in [4.69, 9.17) is 10.5 Å². The molecule has 0 aromatic rings. The molecule has 1 atom stereocenters. The quantitative estimate of drug-likeness (QED) is 0.718. The summed E-state index contributed by atoms with van der Waals surface area (Å²) in [5.41, 5.74) is 5.52. The molecule has 0 aliphatic carbocycles. The maximum Gasteiger partial charge on any atom is 0.225 e. The smallest absolute Gasteiger partial charge is 0.225 e. The molecule has 2 heterocycles. The van der Waals surface area contributed by atoms with Crippen LogP contribution in [0.2, 0.25) is 0 Å². The summed E-state index contributed by atoms with van der Waals surface area (Å²) in [5.74, 6) is 0.284. The number of hydrogen-bond donors (Lipinski definition) is 1. The number of carbonyl (C=O) groups is 1. The van der Waals surface area contributed by atoms with Crippen LogP contribution in [0, 0.1) is 0 Å². The Bertz CT molecular complexity index is 306. The van der Waals surface area contributed by atoms with Gasteiger partial charge in [-0.2, -0.15) is 0 Å². The summed E-state index contributed by atoms with van der Waals surface area (Å²) in [6, 6.07) is 0. The fourth-order valence-electron chi connectivity index (χ4n) is 3.23. The van der Waals surface area contributed by atoms with Gasteiger partial charge >= 0.3 is 0 Å². The minimum Gasteiger partial charge on any atom is -0.378 e. The summed E-state index contributed by atoms with van der Waals surface area (Å²) in [6.07, 6.45) is 7.56. The molecule has 2 fully saturated rings. The number of nitrogens with zero attached hydrogens (tertiary/aromatic N) is 2. The van der Waals surface area contributed by atoms with Crippen molar-refractivity contribution in [2.45, 2.75) is 51.0 Å². The highest BCUT2D eigenvalue weighted by Crippen LogP contribution is 2.17. The van der Waals surface area contributed by atoms with Gasteiger partial charge in [-0.3, -0.25) is 4.79 Å². The molecule has 0 radical (unpaired) electrons. The molecule has 0 bridgehead atoms. The summed E-state index contributed by atoms with van der Waals surface area (Å²) < 4.78 is 5.57. The lowest BCUT2D eigenvalue weighted by molar-refractivity contribution is -0.133. The lowest BCUT2D eigenvalue weighted by Crippen LogP contribution is -2.36. The fourth-order valence-corrected chi connectivity index (χ4v) is 3.23. The first-order chi connectivity index (χ1) is 10.3. The van der Waals surface area contributed by atoms with Crippen molar-refractivity contribution in [2.75, 3.05) is 45.9 Å². The molecule has 21 heavy (non-hydrogen) atoms. The molecule has 2 N–H and O–H groups in total. The van der Waals surface area contributed by atoms with Crippen LogP contribution < -0.4 is 5.73 Å². The number of rotatable bonds is 7. The molecular weight excluding hydrogens is 266 g/mol. The zero-order chi connectivity index (χ0) is 14.9. The van der Waals surface area contributed by atoms with Gasteiger partial charge in [0.1, 0.15) is 0 Å². The van der Waals surface area contributed by atoms with Crippen molar-refractivity contribution in [1.29, 1.82) is 0 Å². The van der Waals surface area contributed by atoms with Crippen molar-refractivity contribution in [3.63, 3.8) is 0 Å². The molecule has 0 aromatic carbocycles. The van der Waals surface area contributed by atoms with E-state index in [-0.39, 0.29) is 12.0 Å². The first-order valence-corrected chi connectivity index (χ1v) is 8.61. The Morgan fingerprint density at radius 1 is 1.10 bits per heavy atom. The van der Waals surface area contributed by atoms with E-state index < -0.39 is 0 Å². The maximum absolute atomic E-state index is 12.3. The van der Waals surface area contributed by atoms with Gasteiger partial charge in [0, 0.05) is 26.2 Å². The summed E-state index contributed by atoms with van der Waals surface area (Å²) in [7, 11) is 0. The zero-order valence-electron chi connectivity index (χ0n) is 13.3. The van der Waals surface area contributed by atoms with Gasteiger partial charge in [0.15, 0.2) is 0 Å². The number of ether oxygens (including phenoxy) is 1. The van der Waals surface area contributed by atoms with Crippen LogP contribution in [0.5, 0.6) is 0 Å². The summed E-state index contributed by atoms with van der Waals surface area (Å²) in [5, 5.41) is 0. The van der Waals surface area contributed by atoms with E-state index in [0.717, 1.165) is 71.6 Å². The van der Waals surface area contributed by atoms with E-state index in [1.165, 1.54) is 12.8 Å². The second kappa shape index (κ2) is 9.38. The van der Waals surface area contributed by atoms with Crippen LogP contribution in [-0.2, 0) is 9.53 Å². The highest BCUT2D eigenvalue weighted by atomic mass is 16.5. The average Bonchev–Trinajstić information content (AvgIpc) is 2.87. The second-order valence-corrected chi connectivity index (χ2v) is 6.26. The third-order valence-corrected chi connectivity index (χ3v) is 4.55. The standard InChI is InChI=1S/C16H31N3O2/c17-7-2-1-3-8-18-9-5-10-19(12-11-18)16(20)14-15-6-4-13-21-15/h15H,1-14,17H2. The molecule has 5 nitrogen and oxygen atoms in total. The molecule has 0 saturated carbocycles. The van der Waals surface area contributed by atoms with Crippen molar-refractivity contribution in [1.82, 2.24) is 9.80 Å². The summed E-state index contributed by atoms with van der Waals surface area (Å²) >= 11 is 0. The van der Waals surface area contributed by atoms with Crippen LogP contribution in [0.25, 0.3) is 0 Å². The number of hydrogen-bond acceptors (Lipinski definition) is 4. The molecule has 1 amide bonds. The minimum atomic E-state index is 0.174. The van der Waals surface area contributed by atoms with Gasteiger partial charge in [0.25, 0.3) is 0 Å². The van der Waals surface area contributed by atoms with Gasteiger partial charge in [0.05, 0.1) is 12.5 Å². The minimum absolute atomic E-state index is 0.174. The summed E-state index contributed by atoms with van der Waals surface area (Å²) in [4.78, 5) is 16.9. The van der Waals surface area contributed by atoms with E-state index in [1.54, 1.807) is 0 Å². The van der Waals surface area contributed by atoms with E-state index >= 15 is 0 Å². The predicted molar refractivity (Wildman–Crippen MR) is 84.1 cm³/mol. The zero-order valence-corrected chi connectivity index (χ0v) is 13.3. The normalized spacial score (nSPS) is 24.2. The largest absolute Gasteiger partial charge is 0.378 e. The molecule has 0 spiro atoms. The Morgan fingerprint density at radius 2 is 2.00 bits per heavy atom. The van der Waals surface area contributed by atoms with Crippen LogP contribution in [0.15, 0.2) is 0 Å². The van der Waals surface area contributed by atoms with Gasteiger partial charge in [-0.25, -0.2) is 0 Å².